The second-order valence-electron chi connectivity index (χ2n) is 10.2. The summed E-state index contributed by atoms with van der Waals surface area (Å²) in [5.41, 5.74) is 1.31. The van der Waals surface area contributed by atoms with Crippen molar-refractivity contribution in [2.75, 3.05) is 13.1 Å². The lowest BCUT2D eigenvalue weighted by Gasteiger charge is -2.33. The van der Waals surface area contributed by atoms with E-state index in [0.717, 1.165) is 11.1 Å². The summed E-state index contributed by atoms with van der Waals surface area (Å²) in [6, 6.07) is 16.0. The summed E-state index contributed by atoms with van der Waals surface area (Å²) in [6.45, 7) is 6.98. The van der Waals surface area contributed by atoms with Gasteiger partial charge in [-0.3, -0.25) is 4.79 Å². The first-order valence-electron chi connectivity index (χ1n) is 12.3. The van der Waals surface area contributed by atoms with Crippen molar-refractivity contribution in [1.29, 1.82) is 0 Å². The van der Waals surface area contributed by atoms with E-state index in [4.69, 9.17) is 9.47 Å². The van der Waals surface area contributed by atoms with Crippen molar-refractivity contribution >= 4 is 18.0 Å². The van der Waals surface area contributed by atoms with E-state index in [2.05, 4.69) is 5.32 Å². The number of carboxylic acid groups (broad SMARTS) is 1. The Labute approximate surface area is 212 Å². The number of nitrogens with one attached hydrogen (secondary N) is 1. The van der Waals surface area contributed by atoms with Gasteiger partial charge in [0.1, 0.15) is 24.0 Å². The fraction of sp³-hybridized carbons (Fsp3) is 0.464. The second-order valence-corrected chi connectivity index (χ2v) is 10.2. The van der Waals surface area contributed by atoms with Crippen LogP contribution in [0.15, 0.2) is 54.6 Å². The van der Waals surface area contributed by atoms with E-state index in [1.165, 1.54) is 0 Å². The minimum Gasteiger partial charge on any atom is -0.489 e. The normalized spacial score (nSPS) is 15.1. The van der Waals surface area contributed by atoms with Crippen LogP contribution in [-0.4, -0.2) is 52.7 Å². The van der Waals surface area contributed by atoms with Crippen LogP contribution in [0.4, 0.5) is 4.79 Å². The molecule has 1 fully saturated rings. The largest absolute Gasteiger partial charge is 0.489 e. The number of ether oxygens (including phenoxy) is 2. The van der Waals surface area contributed by atoms with Crippen molar-refractivity contribution in [1.82, 2.24) is 10.2 Å². The molecule has 2 aromatic rings. The predicted molar refractivity (Wildman–Crippen MR) is 136 cm³/mol. The van der Waals surface area contributed by atoms with Gasteiger partial charge in [-0.1, -0.05) is 42.5 Å². The number of carbonyl (C=O) groups is 3. The van der Waals surface area contributed by atoms with Gasteiger partial charge in [-0.15, -0.1) is 0 Å². The van der Waals surface area contributed by atoms with Gasteiger partial charge in [-0.2, -0.15) is 0 Å². The molecule has 0 bridgehead atoms. The average Bonchev–Trinajstić information content (AvgIpc) is 2.83. The summed E-state index contributed by atoms with van der Waals surface area (Å²) >= 11 is 0. The molecule has 1 saturated heterocycles. The number of likely N-dealkylation sites (tertiary alicyclic amines) is 1. The van der Waals surface area contributed by atoms with Gasteiger partial charge in [0, 0.05) is 25.9 Å². The number of piperidine rings is 1. The first-order valence-corrected chi connectivity index (χ1v) is 12.3. The van der Waals surface area contributed by atoms with Gasteiger partial charge in [0.2, 0.25) is 5.91 Å². The fourth-order valence-corrected chi connectivity index (χ4v) is 4.06. The lowest BCUT2D eigenvalue weighted by molar-refractivity contribution is -0.142. The molecule has 1 aliphatic heterocycles. The van der Waals surface area contributed by atoms with Crippen molar-refractivity contribution < 1.29 is 29.0 Å². The van der Waals surface area contributed by atoms with Crippen LogP contribution in [0.2, 0.25) is 0 Å². The number of aliphatic carboxylic acids is 1. The standard InChI is InChI=1S/C28H36N2O6/c1-28(2,3)36-27(34)30-15-13-21(14-16-30)18-25(31)29-24(26(32)33)17-20-9-11-23(12-10-20)35-19-22-7-5-4-6-8-22/h4-12,21,24H,13-19H2,1-3H3,(H,29,31)(H,32,33)/t24-/m0/s1. The highest BCUT2D eigenvalue weighted by Gasteiger charge is 2.29. The Hall–Kier alpha value is -3.55. The summed E-state index contributed by atoms with van der Waals surface area (Å²) in [4.78, 5) is 38.3. The number of rotatable bonds is 9. The van der Waals surface area contributed by atoms with Crippen LogP contribution in [0.25, 0.3) is 0 Å². The third kappa shape index (κ3) is 8.91. The number of benzene rings is 2. The summed E-state index contributed by atoms with van der Waals surface area (Å²) < 4.78 is 11.2. The summed E-state index contributed by atoms with van der Waals surface area (Å²) in [6.07, 6.45) is 1.42. The van der Waals surface area contributed by atoms with Crippen LogP contribution in [-0.2, 0) is 27.4 Å². The van der Waals surface area contributed by atoms with Gasteiger partial charge in [0.15, 0.2) is 0 Å². The molecule has 0 radical (unpaired) electrons. The second kappa shape index (κ2) is 12.4. The maximum atomic E-state index is 12.6. The van der Waals surface area contributed by atoms with Crippen LogP contribution in [0.1, 0.15) is 51.2 Å². The SMILES string of the molecule is CC(C)(C)OC(=O)N1CCC(CC(=O)N[C@@H](Cc2ccc(OCc3ccccc3)cc2)C(=O)O)CC1. The molecule has 3 rings (SSSR count). The molecule has 36 heavy (non-hydrogen) atoms. The summed E-state index contributed by atoms with van der Waals surface area (Å²) in [5, 5.41) is 12.3. The zero-order valence-corrected chi connectivity index (χ0v) is 21.2. The molecule has 0 unspecified atom stereocenters. The Kier molecular flexibility index (Phi) is 9.33. The zero-order chi connectivity index (χ0) is 26.1. The Morgan fingerprint density at radius 1 is 1.00 bits per heavy atom. The lowest BCUT2D eigenvalue weighted by atomic mass is 9.93. The van der Waals surface area contributed by atoms with E-state index < -0.39 is 17.6 Å². The topological polar surface area (TPSA) is 105 Å². The lowest BCUT2D eigenvalue weighted by Crippen LogP contribution is -2.45. The number of hydrogen-bond donors (Lipinski definition) is 2. The summed E-state index contributed by atoms with van der Waals surface area (Å²) in [5.74, 6) is -0.580. The Morgan fingerprint density at radius 2 is 1.64 bits per heavy atom. The zero-order valence-electron chi connectivity index (χ0n) is 21.2. The van der Waals surface area contributed by atoms with Crippen LogP contribution < -0.4 is 10.1 Å². The Morgan fingerprint density at radius 3 is 2.22 bits per heavy atom. The van der Waals surface area contributed by atoms with Gasteiger partial charge in [0.25, 0.3) is 0 Å². The van der Waals surface area contributed by atoms with E-state index in [-0.39, 0.29) is 30.8 Å². The van der Waals surface area contributed by atoms with Crippen molar-refractivity contribution in [3.63, 3.8) is 0 Å². The molecule has 8 heteroatoms. The third-order valence-electron chi connectivity index (χ3n) is 5.99. The van der Waals surface area contributed by atoms with E-state index >= 15 is 0 Å². The highest BCUT2D eigenvalue weighted by molar-refractivity contribution is 5.83. The van der Waals surface area contributed by atoms with Gasteiger partial charge >= 0.3 is 12.1 Å². The van der Waals surface area contributed by atoms with Crippen LogP contribution in [0.5, 0.6) is 5.75 Å². The highest BCUT2D eigenvalue weighted by atomic mass is 16.6. The monoisotopic (exact) mass is 496 g/mol. The molecule has 1 heterocycles. The molecule has 2 aromatic carbocycles. The Balaban J connectivity index is 1.44. The molecule has 0 saturated carbocycles. The number of nitrogens with zero attached hydrogens (tertiary/aromatic N) is 1. The van der Waals surface area contributed by atoms with Crippen LogP contribution in [0, 0.1) is 5.92 Å². The summed E-state index contributed by atoms with van der Waals surface area (Å²) in [7, 11) is 0. The molecule has 8 nitrogen and oxygen atoms in total. The van der Waals surface area contributed by atoms with Crippen molar-refractivity contribution in [2.45, 2.75) is 64.7 Å². The van der Waals surface area contributed by atoms with E-state index in [0.29, 0.717) is 38.3 Å². The van der Waals surface area contributed by atoms with E-state index in [9.17, 15) is 19.5 Å². The molecule has 2 N–H and O–H groups in total. The van der Waals surface area contributed by atoms with Gasteiger partial charge < -0.3 is 24.8 Å². The maximum Gasteiger partial charge on any atom is 0.410 e. The number of carboxylic acids is 1. The maximum absolute atomic E-state index is 12.6. The fourth-order valence-electron chi connectivity index (χ4n) is 4.06. The third-order valence-corrected chi connectivity index (χ3v) is 5.99. The van der Waals surface area contributed by atoms with Crippen molar-refractivity contribution in [3.05, 3.63) is 65.7 Å². The minimum absolute atomic E-state index is 0.0965. The van der Waals surface area contributed by atoms with Crippen molar-refractivity contribution in [2.24, 2.45) is 5.92 Å². The molecular weight excluding hydrogens is 460 g/mol. The average molecular weight is 497 g/mol. The number of amides is 2. The molecule has 0 aromatic heterocycles. The van der Waals surface area contributed by atoms with E-state index in [1.54, 1.807) is 17.0 Å². The molecule has 0 aliphatic carbocycles. The molecule has 2 amide bonds. The van der Waals surface area contributed by atoms with Crippen molar-refractivity contribution in [3.8, 4) is 5.75 Å². The predicted octanol–water partition coefficient (Wildman–Crippen LogP) is 4.41. The molecular formula is C28H36N2O6. The minimum atomic E-state index is -1.08. The molecule has 0 spiro atoms. The van der Waals surface area contributed by atoms with Gasteiger partial charge in [-0.05, 0) is 62.8 Å². The van der Waals surface area contributed by atoms with E-state index in [1.807, 2.05) is 63.2 Å². The molecule has 1 aliphatic rings. The van der Waals surface area contributed by atoms with Crippen LogP contribution >= 0.6 is 0 Å². The van der Waals surface area contributed by atoms with Gasteiger partial charge in [0.05, 0.1) is 0 Å². The molecule has 194 valence electrons. The van der Waals surface area contributed by atoms with Crippen LogP contribution in [0.3, 0.4) is 0 Å². The number of hydrogen-bond acceptors (Lipinski definition) is 5. The Bertz CT molecular complexity index is 1010. The van der Waals surface area contributed by atoms with Gasteiger partial charge in [-0.25, -0.2) is 9.59 Å². The quantitative estimate of drug-likeness (QED) is 0.533. The molecule has 1 atom stereocenters. The smallest absolute Gasteiger partial charge is 0.410 e. The highest BCUT2D eigenvalue weighted by Crippen LogP contribution is 2.22. The first kappa shape index (κ1) is 27.0. The number of carbonyl (C=O) groups excluding carboxylic acids is 2. The first-order chi connectivity index (χ1) is 17.1.